The topological polar surface area (TPSA) is 35.5 Å². The summed E-state index contributed by atoms with van der Waals surface area (Å²) in [6.07, 6.45) is 13.4. The van der Waals surface area contributed by atoms with Gasteiger partial charge in [-0.1, -0.05) is 71.6 Å². The lowest BCUT2D eigenvalue weighted by Gasteiger charge is -2.05. The quantitative estimate of drug-likeness (QED) is 0.285. The molecule has 0 heterocycles. The van der Waals surface area contributed by atoms with Crippen LogP contribution in [0.3, 0.4) is 0 Å². The van der Waals surface area contributed by atoms with Crippen molar-refractivity contribution >= 4 is 8.25 Å². The lowest BCUT2D eigenvalue weighted by atomic mass is 10.1. The second kappa shape index (κ2) is 16.2. The van der Waals surface area contributed by atoms with Gasteiger partial charge in [-0.2, -0.15) is 0 Å². The lowest BCUT2D eigenvalue weighted by molar-refractivity contribution is 0.218. The molecule has 0 aliphatic rings. The Bertz CT molecular complexity index is 198. The van der Waals surface area contributed by atoms with E-state index in [0.29, 0.717) is 13.2 Å². The molecule has 19 heavy (non-hydrogen) atoms. The summed E-state index contributed by atoms with van der Waals surface area (Å²) in [5, 5.41) is 0. The molecule has 0 saturated heterocycles. The van der Waals surface area contributed by atoms with Gasteiger partial charge >= 0.3 is 8.25 Å². The Hall–Kier alpha value is 0.150. The Balaban J connectivity index is 3.10. The molecular weight excluding hydrogens is 259 g/mol. The second-order valence-corrected chi connectivity index (χ2v) is 6.21. The minimum absolute atomic E-state index is 0.572. The maximum Gasteiger partial charge on any atom is 0.319 e. The summed E-state index contributed by atoms with van der Waals surface area (Å²) in [5.74, 6) is 0. The Labute approximate surface area is 120 Å². The van der Waals surface area contributed by atoms with Crippen molar-refractivity contribution < 1.29 is 13.6 Å². The molecule has 116 valence electrons. The third kappa shape index (κ3) is 16.1. The molecule has 0 saturated carbocycles. The molecule has 0 fully saturated rings. The standard InChI is InChI=1S/C15H33O3P/c1-3-5-7-8-9-10-11-13-15-18-19(16)17-14-12-6-4-2/h19H,3-15H2,1-2H3. The van der Waals surface area contributed by atoms with E-state index in [2.05, 4.69) is 13.8 Å². The smallest absolute Gasteiger partial charge is 0.311 e. The van der Waals surface area contributed by atoms with Crippen LogP contribution in [-0.2, 0) is 13.6 Å². The fourth-order valence-corrected chi connectivity index (χ4v) is 2.65. The minimum Gasteiger partial charge on any atom is -0.311 e. The van der Waals surface area contributed by atoms with E-state index in [9.17, 15) is 4.57 Å². The molecule has 0 aliphatic carbocycles. The molecule has 0 spiro atoms. The fourth-order valence-electron chi connectivity index (χ4n) is 1.94. The molecule has 0 bridgehead atoms. The summed E-state index contributed by atoms with van der Waals surface area (Å²) in [6, 6.07) is 0. The third-order valence-electron chi connectivity index (χ3n) is 3.19. The second-order valence-electron chi connectivity index (χ2n) is 5.13. The zero-order valence-electron chi connectivity index (χ0n) is 12.9. The van der Waals surface area contributed by atoms with E-state index in [1.807, 2.05) is 0 Å². The highest BCUT2D eigenvalue weighted by Crippen LogP contribution is 2.24. The molecule has 0 aliphatic heterocycles. The van der Waals surface area contributed by atoms with Crippen LogP contribution in [0.2, 0.25) is 0 Å². The molecule has 0 aromatic rings. The molecule has 3 nitrogen and oxygen atoms in total. The fraction of sp³-hybridized carbons (Fsp3) is 1.00. The van der Waals surface area contributed by atoms with Gasteiger partial charge in [0.25, 0.3) is 0 Å². The first kappa shape index (κ1) is 19.1. The molecule has 0 radical (unpaired) electrons. The van der Waals surface area contributed by atoms with Crippen molar-refractivity contribution in [2.24, 2.45) is 0 Å². The van der Waals surface area contributed by atoms with E-state index in [1.165, 1.54) is 44.9 Å². The van der Waals surface area contributed by atoms with Crippen molar-refractivity contribution in [3.05, 3.63) is 0 Å². The molecule has 1 unspecified atom stereocenters. The third-order valence-corrected chi connectivity index (χ3v) is 4.07. The van der Waals surface area contributed by atoms with Gasteiger partial charge in [0.15, 0.2) is 0 Å². The zero-order valence-corrected chi connectivity index (χ0v) is 13.9. The highest BCUT2D eigenvalue weighted by molar-refractivity contribution is 7.33. The van der Waals surface area contributed by atoms with Gasteiger partial charge in [0.05, 0.1) is 13.2 Å². The Morgan fingerprint density at radius 1 is 0.632 bits per heavy atom. The van der Waals surface area contributed by atoms with Crippen molar-refractivity contribution in [3.63, 3.8) is 0 Å². The van der Waals surface area contributed by atoms with Crippen LogP contribution in [-0.4, -0.2) is 13.2 Å². The van der Waals surface area contributed by atoms with Crippen LogP contribution in [0, 0.1) is 0 Å². The van der Waals surface area contributed by atoms with E-state index in [0.717, 1.165) is 25.7 Å². The predicted octanol–water partition coefficient (Wildman–Crippen LogP) is 5.74. The van der Waals surface area contributed by atoms with Gasteiger partial charge in [-0.3, -0.25) is 4.57 Å². The first-order chi connectivity index (χ1) is 9.31. The number of hydrogen-bond donors (Lipinski definition) is 0. The minimum atomic E-state index is -2.22. The largest absolute Gasteiger partial charge is 0.319 e. The highest BCUT2D eigenvalue weighted by atomic mass is 31.1. The summed E-state index contributed by atoms with van der Waals surface area (Å²) in [6.45, 7) is 5.54. The van der Waals surface area contributed by atoms with E-state index >= 15 is 0 Å². The maximum absolute atomic E-state index is 11.4. The first-order valence-electron chi connectivity index (χ1n) is 8.10. The molecule has 0 aromatic carbocycles. The van der Waals surface area contributed by atoms with Crippen LogP contribution in [0.15, 0.2) is 0 Å². The van der Waals surface area contributed by atoms with Crippen LogP contribution >= 0.6 is 8.25 Å². The Morgan fingerprint density at radius 3 is 1.53 bits per heavy atom. The molecule has 1 atom stereocenters. The summed E-state index contributed by atoms with van der Waals surface area (Å²) in [7, 11) is -2.22. The first-order valence-corrected chi connectivity index (χ1v) is 9.33. The summed E-state index contributed by atoms with van der Waals surface area (Å²) >= 11 is 0. The molecule has 0 aromatic heterocycles. The number of unbranched alkanes of at least 4 members (excludes halogenated alkanes) is 9. The van der Waals surface area contributed by atoms with Crippen LogP contribution in [0.1, 0.15) is 84.5 Å². The van der Waals surface area contributed by atoms with Crippen molar-refractivity contribution in [1.29, 1.82) is 0 Å². The maximum atomic E-state index is 11.4. The molecule has 4 heteroatoms. The highest BCUT2D eigenvalue weighted by Gasteiger charge is 1.99. The summed E-state index contributed by atoms with van der Waals surface area (Å²) in [5.41, 5.74) is 0. The molecule has 0 N–H and O–H groups in total. The average Bonchev–Trinajstić information content (AvgIpc) is 2.42. The van der Waals surface area contributed by atoms with E-state index in [4.69, 9.17) is 9.05 Å². The van der Waals surface area contributed by atoms with E-state index in [1.54, 1.807) is 0 Å². The van der Waals surface area contributed by atoms with Crippen LogP contribution in [0.25, 0.3) is 0 Å². The molecule has 0 amide bonds. The van der Waals surface area contributed by atoms with Crippen molar-refractivity contribution in [1.82, 2.24) is 0 Å². The van der Waals surface area contributed by atoms with Crippen molar-refractivity contribution in [2.75, 3.05) is 13.2 Å². The van der Waals surface area contributed by atoms with Gasteiger partial charge in [-0.05, 0) is 12.8 Å². The van der Waals surface area contributed by atoms with E-state index < -0.39 is 8.25 Å². The van der Waals surface area contributed by atoms with E-state index in [-0.39, 0.29) is 0 Å². The van der Waals surface area contributed by atoms with Gasteiger partial charge in [0.1, 0.15) is 0 Å². The summed E-state index contributed by atoms with van der Waals surface area (Å²) < 4.78 is 21.7. The zero-order chi connectivity index (χ0) is 14.2. The molecule has 0 rings (SSSR count). The van der Waals surface area contributed by atoms with Crippen LogP contribution < -0.4 is 0 Å². The Morgan fingerprint density at radius 2 is 1.00 bits per heavy atom. The predicted molar refractivity (Wildman–Crippen MR) is 83.0 cm³/mol. The lowest BCUT2D eigenvalue weighted by Crippen LogP contribution is -1.92. The number of hydrogen-bond acceptors (Lipinski definition) is 3. The van der Waals surface area contributed by atoms with Crippen molar-refractivity contribution in [2.45, 2.75) is 84.5 Å². The Kier molecular flexibility index (Phi) is 16.3. The molecular formula is C15H33O3P. The van der Waals surface area contributed by atoms with Crippen LogP contribution in [0.5, 0.6) is 0 Å². The SMILES string of the molecule is CCCCCCCCCCO[PH](=O)OCCCCC. The average molecular weight is 292 g/mol. The van der Waals surface area contributed by atoms with Gasteiger partial charge in [-0.25, -0.2) is 0 Å². The normalized spacial score (nSPS) is 12.7. The van der Waals surface area contributed by atoms with Crippen molar-refractivity contribution in [3.8, 4) is 0 Å². The van der Waals surface area contributed by atoms with Gasteiger partial charge in [0, 0.05) is 0 Å². The summed E-state index contributed by atoms with van der Waals surface area (Å²) in [4.78, 5) is 0. The van der Waals surface area contributed by atoms with Gasteiger partial charge in [0.2, 0.25) is 0 Å². The van der Waals surface area contributed by atoms with Gasteiger partial charge in [-0.15, -0.1) is 0 Å². The van der Waals surface area contributed by atoms with Crippen LogP contribution in [0.4, 0.5) is 0 Å². The number of rotatable bonds is 15. The monoisotopic (exact) mass is 292 g/mol. The van der Waals surface area contributed by atoms with Gasteiger partial charge < -0.3 is 9.05 Å².